The van der Waals surface area contributed by atoms with E-state index in [1.165, 1.54) is 5.56 Å². The summed E-state index contributed by atoms with van der Waals surface area (Å²) in [5.74, 6) is 0. The Morgan fingerprint density at radius 1 is 1.09 bits per heavy atom. The molecule has 0 bridgehead atoms. The minimum Gasteiger partial charge on any atom is -0.361 e. The number of thiocarbonyl (C=S) groups is 1. The largest absolute Gasteiger partial charge is 0.361 e. The summed E-state index contributed by atoms with van der Waals surface area (Å²) in [4.78, 5) is 0. The molecule has 2 rings (SSSR count). The molecule has 0 unspecified atom stereocenters. The van der Waals surface area contributed by atoms with Crippen molar-refractivity contribution < 1.29 is 0 Å². The van der Waals surface area contributed by atoms with Crippen molar-refractivity contribution in [2.45, 2.75) is 6.42 Å². The highest BCUT2D eigenvalue weighted by Crippen LogP contribution is 2.23. The van der Waals surface area contributed by atoms with Crippen LogP contribution in [0.4, 0.5) is 0 Å². The van der Waals surface area contributed by atoms with Crippen LogP contribution >= 0.6 is 35.4 Å². The molecule has 2 aromatic carbocycles. The average molecular weight is 352 g/mol. The molecule has 22 heavy (non-hydrogen) atoms. The van der Waals surface area contributed by atoms with E-state index in [0.717, 1.165) is 18.5 Å². The first kappa shape index (κ1) is 16.7. The molecule has 0 saturated carbocycles. The maximum absolute atomic E-state index is 6.06. The molecule has 0 atom stereocenters. The van der Waals surface area contributed by atoms with E-state index in [4.69, 9.17) is 35.4 Å². The average Bonchev–Trinajstić information content (AvgIpc) is 2.52. The molecule has 3 nitrogen and oxygen atoms in total. The second-order valence-electron chi connectivity index (χ2n) is 4.50. The zero-order valence-corrected chi connectivity index (χ0v) is 14.1. The predicted octanol–water partition coefficient (Wildman–Crippen LogP) is 4.03. The summed E-state index contributed by atoms with van der Waals surface area (Å²) in [5, 5.41) is 8.57. The quantitative estimate of drug-likeness (QED) is 0.485. The van der Waals surface area contributed by atoms with E-state index in [1.807, 2.05) is 30.3 Å². The molecule has 0 spiro atoms. The van der Waals surface area contributed by atoms with E-state index < -0.39 is 0 Å². The fourth-order valence-electron chi connectivity index (χ4n) is 1.79. The van der Waals surface area contributed by atoms with Crippen molar-refractivity contribution in [3.05, 3.63) is 69.7 Å². The van der Waals surface area contributed by atoms with Gasteiger partial charge in [0.2, 0.25) is 0 Å². The Morgan fingerprint density at radius 2 is 1.86 bits per heavy atom. The molecule has 0 heterocycles. The van der Waals surface area contributed by atoms with Gasteiger partial charge in [-0.05, 0) is 30.3 Å². The Balaban J connectivity index is 1.75. The van der Waals surface area contributed by atoms with E-state index in [9.17, 15) is 0 Å². The Kier molecular flexibility index (Phi) is 6.65. The van der Waals surface area contributed by atoms with Gasteiger partial charge in [0.25, 0.3) is 0 Å². The Bertz CT molecular complexity index is 660. The lowest BCUT2D eigenvalue weighted by molar-refractivity contribution is 0.838. The van der Waals surface area contributed by atoms with Crippen molar-refractivity contribution in [3.8, 4) is 0 Å². The third-order valence-electron chi connectivity index (χ3n) is 2.89. The van der Waals surface area contributed by atoms with Crippen LogP contribution in [0, 0.1) is 0 Å². The van der Waals surface area contributed by atoms with Crippen LogP contribution in [0.3, 0.4) is 0 Å². The molecule has 0 amide bonds. The summed E-state index contributed by atoms with van der Waals surface area (Å²) in [5.41, 5.74) is 4.74. The number of hydrogen-bond acceptors (Lipinski definition) is 2. The summed E-state index contributed by atoms with van der Waals surface area (Å²) >= 11 is 17.1. The molecule has 0 aliphatic heterocycles. The summed E-state index contributed by atoms with van der Waals surface area (Å²) < 4.78 is 0. The van der Waals surface area contributed by atoms with E-state index in [-0.39, 0.29) is 0 Å². The highest BCUT2D eigenvalue weighted by atomic mass is 35.5. The molecular formula is C16H15Cl2N3S. The third kappa shape index (κ3) is 5.30. The number of halogens is 2. The topological polar surface area (TPSA) is 36.4 Å². The third-order valence-corrected chi connectivity index (χ3v) is 3.96. The molecule has 6 heteroatoms. The fourth-order valence-corrected chi connectivity index (χ4v) is 2.30. The summed E-state index contributed by atoms with van der Waals surface area (Å²) in [6.07, 6.45) is 2.48. The molecule has 114 valence electrons. The van der Waals surface area contributed by atoms with Crippen LogP contribution in [0.1, 0.15) is 11.1 Å². The number of hydrazone groups is 1. The Hall–Kier alpha value is -1.62. The molecule has 0 aliphatic carbocycles. The molecule has 0 aromatic heterocycles. The number of nitrogens with one attached hydrogen (secondary N) is 2. The molecule has 0 aliphatic rings. The van der Waals surface area contributed by atoms with Crippen molar-refractivity contribution in [1.82, 2.24) is 10.7 Å². The summed E-state index contributed by atoms with van der Waals surface area (Å²) in [7, 11) is 0. The SMILES string of the molecule is S=C(NCCc1ccccc1)N/N=C/c1cccc(Cl)c1Cl. The second kappa shape index (κ2) is 8.73. The van der Waals surface area contributed by atoms with Gasteiger partial charge in [-0.2, -0.15) is 5.10 Å². The standard InChI is InChI=1S/C16H15Cl2N3S/c17-14-8-4-7-13(15(14)18)11-20-21-16(22)19-10-9-12-5-2-1-3-6-12/h1-8,11H,9-10H2,(H2,19,21,22)/b20-11+. The molecule has 2 aromatic rings. The number of nitrogens with zero attached hydrogens (tertiary/aromatic N) is 1. The van der Waals surface area contributed by atoms with E-state index in [2.05, 4.69) is 28.0 Å². The first-order valence-electron chi connectivity index (χ1n) is 6.71. The van der Waals surface area contributed by atoms with Crippen molar-refractivity contribution in [2.24, 2.45) is 5.10 Å². The number of rotatable bonds is 5. The molecule has 0 radical (unpaired) electrons. The minimum absolute atomic E-state index is 0.463. The first-order chi connectivity index (χ1) is 10.7. The van der Waals surface area contributed by atoms with E-state index in [0.29, 0.717) is 15.2 Å². The van der Waals surface area contributed by atoms with Crippen LogP contribution in [0.5, 0.6) is 0 Å². The van der Waals surface area contributed by atoms with Crippen LogP contribution < -0.4 is 10.7 Å². The zero-order chi connectivity index (χ0) is 15.8. The summed E-state index contributed by atoms with van der Waals surface area (Å²) in [6, 6.07) is 15.6. The highest BCUT2D eigenvalue weighted by Gasteiger charge is 2.01. The first-order valence-corrected chi connectivity index (χ1v) is 7.88. The van der Waals surface area contributed by atoms with Gasteiger partial charge in [-0.3, -0.25) is 5.43 Å². The zero-order valence-electron chi connectivity index (χ0n) is 11.7. The van der Waals surface area contributed by atoms with Crippen molar-refractivity contribution in [1.29, 1.82) is 0 Å². The lowest BCUT2D eigenvalue weighted by atomic mass is 10.1. The lowest BCUT2D eigenvalue weighted by Crippen LogP contribution is -2.33. The Morgan fingerprint density at radius 3 is 2.64 bits per heavy atom. The van der Waals surface area contributed by atoms with Gasteiger partial charge in [0.1, 0.15) is 0 Å². The number of benzene rings is 2. The predicted molar refractivity (Wildman–Crippen MR) is 97.9 cm³/mol. The lowest BCUT2D eigenvalue weighted by Gasteiger charge is -2.07. The van der Waals surface area contributed by atoms with Gasteiger partial charge in [-0.15, -0.1) is 0 Å². The van der Waals surface area contributed by atoms with Gasteiger partial charge in [0.15, 0.2) is 5.11 Å². The van der Waals surface area contributed by atoms with Crippen LogP contribution in [-0.4, -0.2) is 17.9 Å². The number of hydrogen-bond donors (Lipinski definition) is 2. The van der Waals surface area contributed by atoms with Crippen LogP contribution in [0.2, 0.25) is 10.0 Å². The van der Waals surface area contributed by atoms with Gasteiger partial charge < -0.3 is 5.32 Å². The smallest absolute Gasteiger partial charge is 0.186 e. The maximum atomic E-state index is 6.06. The van der Waals surface area contributed by atoms with Crippen LogP contribution in [0.25, 0.3) is 0 Å². The van der Waals surface area contributed by atoms with Gasteiger partial charge in [0.05, 0.1) is 16.3 Å². The van der Waals surface area contributed by atoms with Crippen LogP contribution in [0.15, 0.2) is 53.6 Å². The van der Waals surface area contributed by atoms with Gasteiger partial charge in [-0.25, -0.2) is 0 Å². The minimum atomic E-state index is 0.463. The van der Waals surface area contributed by atoms with Crippen molar-refractivity contribution in [2.75, 3.05) is 6.54 Å². The summed E-state index contributed by atoms with van der Waals surface area (Å²) in [6.45, 7) is 0.739. The van der Waals surface area contributed by atoms with Gasteiger partial charge in [-0.1, -0.05) is 65.7 Å². The van der Waals surface area contributed by atoms with Crippen LogP contribution in [-0.2, 0) is 6.42 Å². The monoisotopic (exact) mass is 351 g/mol. The maximum Gasteiger partial charge on any atom is 0.186 e. The highest BCUT2D eigenvalue weighted by molar-refractivity contribution is 7.80. The van der Waals surface area contributed by atoms with E-state index >= 15 is 0 Å². The fraction of sp³-hybridized carbons (Fsp3) is 0.125. The Labute approximate surface area is 145 Å². The van der Waals surface area contributed by atoms with E-state index in [1.54, 1.807) is 12.3 Å². The van der Waals surface area contributed by atoms with Gasteiger partial charge >= 0.3 is 0 Å². The molecule has 2 N–H and O–H groups in total. The molecular weight excluding hydrogens is 337 g/mol. The molecule has 0 fully saturated rings. The van der Waals surface area contributed by atoms with Gasteiger partial charge in [0, 0.05) is 12.1 Å². The normalized spacial score (nSPS) is 10.6. The van der Waals surface area contributed by atoms with Crippen molar-refractivity contribution >= 4 is 46.7 Å². The second-order valence-corrected chi connectivity index (χ2v) is 5.70. The van der Waals surface area contributed by atoms with Crippen molar-refractivity contribution in [3.63, 3.8) is 0 Å². The molecule has 0 saturated heterocycles.